The number of carbonyl (C=O) groups excluding carboxylic acids is 4. The maximum absolute atomic E-state index is 16.2. The number of hydrogen-bond donors (Lipinski definition) is 0. The minimum atomic E-state index is -1.06. The molecule has 18 heteroatoms. The van der Waals surface area contributed by atoms with E-state index in [4.69, 9.17) is 37.2 Å². The van der Waals surface area contributed by atoms with Crippen molar-refractivity contribution in [3.8, 4) is 0 Å². The van der Waals surface area contributed by atoms with E-state index in [1.807, 2.05) is 135 Å². The Labute approximate surface area is 474 Å². The van der Waals surface area contributed by atoms with Crippen LogP contribution in [0.5, 0.6) is 0 Å². The van der Waals surface area contributed by atoms with Crippen molar-refractivity contribution in [1.29, 1.82) is 0 Å². The first kappa shape index (κ1) is 57.4. The number of rotatable bonds is 14. The second-order valence-electron chi connectivity index (χ2n) is 27.8. The topological polar surface area (TPSA) is 149 Å². The lowest BCUT2D eigenvalue weighted by atomic mass is 9.64. The van der Waals surface area contributed by atoms with Gasteiger partial charge in [-0.3, -0.25) is 29.0 Å². The molecule has 0 N–H and O–H groups in total. The van der Waals surface area contributed by atoms with Crippen LogP contribution >= 0.6 is 0 Å². The van der Waals surface area contributed by atoms with Crippen molar-refractivity contribution in [3.05, 3.63) is 46.5 Å². The molecule has 0 bridgehead atoms. The van der Waals surface area contributed by atoms with Crippen LogP contribution in [0.4, 0.5) is 0 Å². The molecule has 6 aliphatic rings. The summed E-state index contributed by atoms with van der Waals surface area (Å²) in [5, 5.41) is 4.75. The Kier molecular flexibility index (Phi) is 13.3. The van der Waals surface area contributed by atoms with Gasteiger partial charge < -0.3 is 37.2 Å². The van der Waals surface area contributed by atoms with Crippen molar-refractivity contribution in [2.75, 3.05) is 0 Å². The summed E-state index contributed by atoms with van der Waals surface area (Å²) in [5.74, 6) is -1.72. The highest BCUT2D eigenvalue weighted by Gasteiger charge is 2.59. The van der Waals surface area contributed by atoms with Gasteiger partial charge in [0.05, 0.1) is 44.8 Å². The second kappa shape index (κ2) is 18.6. The van der Waals surface area contributed by atoms with Crippen LogP contribution in [0, 0.1) is 0 Å². The predicted octanol–water partition coefficient (Wildman–Crippen LogP) is 10.1. The van der Waals surface area contributed by atoms with Crippen molar-refractivity contribution in [1.82, 2.24) is 9.80 Å². The number of fused-ring (bicyclic) bond motifs is 2. The van der Waals surface area contributed by atoms with Crippen LogP contribution in [0.1, 0.15) is 231 Å². The minimum Gasteiger partial charge on any atom is -0.399 e. The van der Waals surface area contributed by atoms with Crippen LogP contribution in [0.2, 0.25) is 0 Å². The van der Waals surface area contributed by atoms with Crippen LogP contribution in [-0.2, 0) is 37.2 Å². The average molecular weight is 1090 g/mol. The predicted molar refractivity (Wildman–Crippen MR) is 319 cm³/mol. The molecule has 424 valence electrons. The summed E-state index contributed by atoms with van der Waals surface area (Å²) in [4.78, 5) is 67.7. The molecule has 0 aromatic heterocycles. The summed E-state index contributed by atoms with van der Waals surface area (Å²) in [5.41, 5.74) is -3.54. The smallest absolute Gasteiger partial charge is 0.399 e. The van der Waals surface area contributed by atoms with Crippen LogP contribution in [0.3, 0.4) is 0 Å². The highest BCUT2D eigenvalue weighted by molar-refractivity contribution is 6.70. The van der Waals surface area contributed by atoms with Gasteiger partial charge in [0.15, 0.2) is 0 Å². The Hall–Kier alpha value is -4.38. The van der Waals surface area contributed by atoms with E-state index in [1.165, 1.54) is 9.80 Å². The van der Waals surface area contributed by atoms with Crippen molar-refractivity contribution < 1.29 is 56.4 Å². The Bertz CT molecular complexity index is 2970. The molecular formula is C62H82B4N2O12. The Morgan fingerprint density at radius 3 is 0.662 bits per heavy atom. The largest absolute Gasteiger partial charge is 0.495 e. The van der Waals surface area contributed by atoms with Crippen LogP contribution in [0.25, 0.3) is 43.1 Å². The molecule has 80 heavy (non-hydrogen) atoms. The Balaban J connectivity index is 1.38. The van der Waals surface area contributed by atoms with Crippen molar-refractivity contribution in [3.63, 3.8) is 0 Å². The zero-order chi connectivity index (χ0) is 58.3. The van der Waals surface area contributed by atoms with Gasteiger partial charge >= 0.3 is 28.5 Å². The van der Waals surface area contributed by atoms with Gasteiger partial charge in [0.2, 0.25) is 0 Å². The van der Waals surface area contributed by atoms with Crippen LogP contribution in [0.15, 0.2) is 24.3 Å². The van der Waals surface area contributed by atoms with Gasteiger partial charge in [0, 0.05) is 45.1 Å². The summed E-state index contributed by atoms with van der Waals surface area (Å²) in [7, 11) is -4.25. The molecule has 0 atom stereocenters. The zero-order valence-electron chi connectivity index (χ0n) is 51.2. The molecule has 6 heterocycles. The van der Waals surface area contributed by atoms with E-state index in [-0.39, 0.29) is 0 Å². The fraction of sp³-hybridized carbons (Fsp3) is 0.613. The Morgan fingerprint density at radius 1 is 0.325 bits per heavy atom. The molecule has 0 aliphatic carbocycles. The third-order valence-corrected chi connectivity index (χ3v) is 20.5. The first-order valence-electron chi connectivity index (χ1n) is 29.7. The highest BCUT2D eigenvalue weighted by Crippen LogP contribution is 2.50. The molecule has 14 nitrogen and oxygen atoms in total. The molecule has 6 aliphatic heterocycles. The van der Waals surface area contributed by atoms with E-state index in [2.05, 4.69) is 27.7 Å². The van der Waals surface area contributed by atoms with E-state index in [0.717, 1.165) is 25.7 Å². The van der Waals surface area contributed by atoms with E-state index in [0.29, 0.717) is 113 Å². The summed E-state index contributed by atoms with van der Waals surface area (Å²) in [6.07, 6.45) is 5.41. The van der Waals surface area contributed by atoms with Crippen molar-refractivity contribution in [2.24, 2.45) is 0 Å². The number of hydrogen-bond acceptors (Lipinski definition) is 12. The van der Waals surface area contributed by atoms with Gasteiger partial charge in [-0.15, -0.1) is 0 Å². The first-order valence-corrected chi connectivity index (χ1v) is 29.7. The summed E-state index contributed by atoms with van der Waals surface area (Å²) in [6.45, 7) is 40.0. The van der Waals surface area contributed by atoms with Crippen molar-refractivity contribution >= 4 is 117 Å². The van der Waals surface area contributed by atoms with E-state index < -0.39 is 109 Å². The fourth-order valence-corrected chi connectivity index (χ4v) is 13.2. The summed E-state index contributed by atoms with van der Waals surface area (Å²) >= 11 is 0. The van der Waals surface area contributed by atoms with Crippen molar-refractivity contribution in [2.45, 2.75) is 247 Å². The SMILES string of the molecule is CCCC(CCC)N1C(=O)c2c(B3OC(C)(C)C(C)(C)O3)cc3c4cc(B5OC(C)(C)C(C)(C)O5)c5c6c(c(B7OC(C)(C)C(C)(C)O7)cc(c7cc(B8OC(C)(C)C(C)(C)O8)c(c2c37)C1=O)c64)C(=O)N(C(CCC)CCC)C5=O. The third kappa shape index (κ3) is 8.05. The molecule has 4 saturated heterocycles. The molecule has 0 radical (unpaired) electrons. The number of carbonyl (C=O) groups is 4. The molecule has 0 spiro atoms. The highest BCUT2D eigenvalue weighted by atomic mass is 16.7. The van der Waals surface area contributed by atoms with Gasteiger partial charge in [0.1, 0.15) is 0 Å². The molecule has 5 aromatic rings. The lowest BCUT2D eigenvalue weighted by molar-refractivity contribution is 0.00578. The van der Waals surface area contributed by atoms with Crippen LogP contribution in [-0.4, -0.2) is 119 Å². The molecule has 5 aromatic carbocycles. The number of imide groups is 2. The number of benzene rings is 5. The average Bonchev–Trinajstić information content (AvgIpc) is 3.39. The third-order valence-electron chi connectivity index (χ3n) is 20.5. The lowest BCUT2D eigenvalue weighted by Crippen LogP contribution is -2.54. The summed E-state index contributed by atoms with van der Waals surface area (Å²) < 4.78 is 55.8. The fourth-order valence-electron chi connectivity index (χ4n) is 13.2. The van der Waals surface area contributed by atoms with Gasteiger partial charge in [-0.1, -0.05) is 77.6 Å². The molecule has 0 saturated carbocycles. The van der Waals surface area contributed by atoms with Gasteiger partial charge in [-0.05, 0) is 191 Å². The monoisotopic (exact) mass is 1090 g/mol. The van der Waals surface area contributed by atoms with E-state index >= 15 is 19.2 Å². The molecular weight excluding hydrogens is 1010 g/mol. The normalized spacial score (nSPS) is 23.2. The quantitative estimate of drug-likeness (QED) is 0.0451. The van der Waals surface area contributed by atoms with E-state index in [9.17, 15) is 0 Å². The standard InChI is InChI=1S/C62H82B4N2O12/c1-21-25-33(26-22-2)67-51(69)45-39(63-73-55(5,6)56(7,8)74-63)29-35-37-31-41(65-77-59(13,14)60(15,16)78-65)47-50-44(37)38(36-30-40(46(52(67)70)49(45)43(35)36)64-75-57(9,10)58(11,12)76-64)32-42(66-79-61(17,18)62(19,20)80-66)48(50)54(72)68(53(47)71)34(27-23-3)28-24-4/h29-34H,21-28H2,1-20H3. The zero-order valence-corrected chi connectivity index (χ0v) is 51.2. The summed E-state index contributed by atoms with van der Waals surface area (Å²) in [6, 6.07) is 7.16. The number of amides is 4. The van der Waals surface area contributed by atoms with Gasteiger partial charge in [-0.2, -0.15) is 0 Å². The van der Waals surface area contributed by atoms with E-state index in [1.54, 1.807) is 0 Å². The molecule has 4 fully saturated rings. The lowest BCUT2D eigenvalue weighted by Gasteiger charge is -2.38. The Morgan fingerprint density at radius 2 is 0.500 bits per heavy atom. The number of nitrogens with zero attached hydrogens (tertiary/aromatic N) is 2. The molecule has 0 unspecified atom stereocenters. The molecule has 11 rings (SSSR count). The molecule has 4 amide bonds. The maximum Gasteiger partial charge on any atom is 0.495 e. The second-order valence-corrected chi connectivity index (χ2v) is 27.8. The minimum absolute atomic E-state index is 0.305. The van der Waals surface area contributed by atoms with Crippen LogP contribution < -0.4 is 21.9 Å². The first-order chi connectivity index (χ1) is 37.1. The van der Waals surface area contributed by atoms with Gasteiger partial charge in [0.25, 0.3) is 23.6 Å². The maximum atomic E-state index is 16.2. The van der Waals surface area contributed by atoms with Gasteiger partial charge in [-0.25, -0.2) is 0 Å².